The lowest BCUT2D eigenvalue weighted by molar-refractivity contribution is 0.0713. The zero-order valence-electron chi connectivity index (χ0n) is 14.9. The Morgan fingerprint density at radius 2 is 1.96 bits per heavy atom. The molecule has 1 aliphatic carbocycles. The SMILES string of the molecule is O=C(c1ccc2c(c1)CCC2)N1CCC(c2c[nH]c3cccnc23)CC1. The van der Waals surface area contributed by atoms with Gasteiger partial charge >= 0.3 is 0 Å². The van der Waals surface area contributed by atoms with Crippen LogP contribution in [0.3, 0.4) is 0 Å². The van der Waals surface area contributed by atoms with Gasteiger partial charge in [0, 0.05) is 31.0 Å². The Labute approximate surface area is 153 Å². The van der Waals surface area contributed by atoms with Gasteiger partial charge in [-0.15, -0.1) is 0 Å². The van der Waals surface area contributed by atoms with Crippen LogP contribution in [0.4, 0.5) is 0 Å². The summed E-state index contributed by atoms with van der Waals surface area (Å²) >= 11 is 0. The third-order valence-corrected chi connectivity index (χ3v) is 6.03. The molecule has 1 aromatic carbocycles. The molecule has 0 bridgehead atoms. The van der Waals surface area contributed by atoms with Gasteiger partial charge in [-0.05, 0) is 79.0 Å². The van der Waals surface area contributed by atoms with E-state index in [1.807, 2.05) is 23.2 Å². The summed E-state index contributed by atoms with van der Waals surface area (Å²) in [5.41, 5.74) is 7.13. The van der Waals surface area contributed by atoms with Crippen LogP contribution in [-0.2, 0) is 12.8 Å². The van der Waals surface area contributed by atoms with Crippen molar-refractivity contribution in [2.24, 2.45) is 0 Å². The summed E-state index contributed by atoms with van der Waals surface area (Å²) in [4.78, 5) is 22.8. The first kappa shape index (κ1) is 15.6. The lowest BCUT2D eigenvalue weighted by Crippen LogP contribution is -2.38. The molecule has 1 aliphatic heterocycles. The highest BCUT2D eigenvalue weighted by atomic mass is 16.2. The molecular formula is C22H23N3O. The van der Waals surface area contributed by atoms with Crippen molar-refractivity contribution in [1.29, 1.82) is 0 Å². The van der Waals surface area contributed by atoms with Gasteiger partial charge in [0.25, 0.3) is 5.91 Å². The van der Waals surface area contributed by atoms with Crippen LogP contribution in [0.1, 0.15) is 52.2 Å². The second-order valence-electron chi connectivity index (χ2n) is 7.55. The summed E-state index contributed by atoms with van der Waals surface area (Å²) in [6, 6.07) is 10.3. The number of carbonyl (C=O) groups is 1. The molecule has 1 fully saturated rings. The molecule has 0 spiro atoms. The fraction of sp³-hybridized carbons (Fsp3) is 0.364. The topological polar surface area (TPSA) is 49.0 Å². The van der Waals surface area contributed by atoms with Crippen LogP contribution < -0.4 is 0 Å². The van der Waals surface area contributed by atoms with Crippen LogP contribution in [0.25, 0.3) is 11.0 Å². The van der Waals surface area contributed by atoms with E-state index < -0.39 is 0 Å². The molecule has 132 valence electrons. The second kappa shape index (κ2) is 6.27. The van der Waals surface area contributed by atoms with Gasteiger partial charge in [0.05, 0.1) is 11.0 Å². The molecule has 26 heavy (non-hydrogen) atoms. The largest absolute Gasteiger partial charge is 0.360 e. The Morgan fingerprint density at radius 1 is 1.12 bits per heavy atom. The minimum absolute atomic E-state index is 0.190. The average molecular weight is 345 g/mol. The normalized spacial score (nSPS) is 17.6. The van der Waals surface area contributed by atoms with Crippen LogP contribution >= 0.6 is 0 Å². The van der Waals surface area contributed by atoms with Gasteiger partial charge in [-0.2, -0.15) is 0 Å². The summed E-state index contributed by atoms with van der Waals surface area (Å²) in [5.74, 6) is 0.665. The quantitative estimate of drug-likeness (QED) is 0.761. The smallest absolute Gasteiger partial charge is 0.253 e. The molecule has 4 heteroatoms. The van der Waals surface area contributed by atoms with E-state index in [2.05, 4.69) is 34.4 Å². The van der Waals surface area contributed by atoms with Crippen molar-refractivity contribution in [3.63, 3.8) is 0 Å². The zero-order valence-corrected chi connectivity index (χ0v) is 14.9. The van der Waals surface area contributed by atoms with E-state index in [0.29, 0.717) is 5.92 Å². The predicted molar refractivity (Wildman–Crippen MR) is 102 cm³/mol. The number of aryl methyl sites for hydroxylation is 2. The maximum absolute atomic E-state index is 12.9. The maximum Gasteiger partial charge on any atom is 0.253 e. The van der Waals surface area contributed by atoms with Crippen molar-refractivity contribution in [1.82, 2.24) is 14.9 Å². The predicted octanol–water partition coefficient (Wildman–Crippen LogP) is 4.07. The molecule has 1 saturated heterocycles. The van der Waals surface area contributed by atoms with E-state index >= 15 is 0 Å². The molecule has 4 nitrogen and oxygen atoms in total. The van der Waals surface area contributed by atoms with Gasteiger partial charge in [0.2, 0.25) is 0 Å². The molecule has 1 N–H and O–H groups in total. The van der Waals surface area contributed by atoms with Crippen molar-refractivity contribution in [2.45, 2.75) is 38.0 Å². The summed E-state index contributed by atoms with van der Waals surface area (Å²) in [6.07, 6.45) is 9.45. The lowest BCUT2D eigenvalue weighted by Gasteiger charge is -2.32. The number of piperidine rings is 1. The number of likely N-dealkylation sites (tertiary alicyclic amines) is 1. The zero-order chi connectivity index (χ0) is 17.5. The number of aromatic amines is 1. The van der Waals surface area contributed by atoms with Crippen molar-refractivity contribution < 1.29 is 4.79 Å². The molecule has 3 aromatic rings. The number of amides is 1. The Kier molecular flexibility index (Phi) is 3.77. The van der Waals surface area contributed by atoms with Crippen molar-refractivity contribution in [2.75, 3.05) is 13.1 Å². The van der Waals surface area contributed by atoms with Crippen LogP contribution in [0.5, 0.6) is 0 Å². The molecule has 2 aliphatic rings. The standard InChI is InChI=1S/C22H23N3O/c26-22(18-7-6-15-3-1-4-17(15)13-18)25-11-8-16(9-12-25)19-14-24-20-5-2-10-23-21(19)20/h2,5-7,10,13-14,16,24H,1,3-4,8-9,11-12H2. The fourth-order valence-corrected chi connectivity index (χ4v) is 4.57. The number of nitrogens with zero attached hydrogens (tertiary/aromatic N) is 2. The summed E-state index contributed by atoms with van der Waals surface area (Å²) in [7, 11) is 0. The highest BCUT2D eigenvalue weighted by Gasteiger charge is 2.27. The van der Waals surface area contributed by atoms with Crippen molar-refractivity contribution in [3.8, 4) is 0 Å². The van der Waals surface area contributed by atoms with Crippen LogP contribution in [-0.4, -0.2) is 33.9 Å². The van der Waals surface area contributed by atoms with Crippen LogP contribution in [0, 0.1) is 0 Å². The molecule has 0 unspecified atom stereocenters. The van der Waals surface area contributed by atoms with Gasteiger partial charge < -0.3 is 9.88 Å². The number of nitrogens with one attached hydrogen (secondary N) is 1. The average Bonchev–Trinajstić information content (AvgIpc) is 3.34. The monoisotopic (exact) mass is 345 g/mol. The van der Waals surface area contributed by atoms with Crippen LogP contribution in [0.15, 0.2) is 42.7 Å². The number of carbonyl (C=O) groups excluding carboxylic acids is 1. The third-order valence-electron chi connectivity index (χ3n) is 6.03. The van der Waals surface area contributed by atoms with Crippen LogP contribution in [0.2, 0.25) is 0 Å². The maximum atomic E-state index is 12.9. The molecule has 0 saturated carbocycles. The first-order valence-corrected chi connectivity index (χ1v) is 9.62. The minimum atomic E-state index is 0.190. The first-order valence-electron chi connectivity index (χ1n) is 9.62. The van der Waals surface area contributed by atoms with E-state index in [9.17, 15) is 4.79 Å². The van der Waals surface area contributed by atoms with E-state index in [-0.39, 0.29) is 5.91 Å². The number of hydrogen-bond donors (Lipinski definition) is 1. The van der Waals surface area contributed by atoms with Crippen molar-refractivity contribution >= 4 is 16.9 Å². The number of rotatable bonds is 2. The van der Waals surface area contributed by atoms with Gasteiger partial charge in [0.1, 0.15) is 0 Å². The lowest BCUT2D eigenvalue weighted by atomic mass is 9.90. The molecule has 0 atom stereocenters. The number of aromatic nitrogens is 2. The Hall–Kier alpha value is -2.62. The third kappa shape index (κ3) is 2.61. The second-order valence-corrected chi connectivity index (χ2v) is 7.55. The molecule has 2 aromatic heterocycles. The minimum Gasteiger partial charge on any atom is -0.360 e. The van der Waals surface area contributed by atoms with Gasteiger partial charge in [-0.1, -0.05) is 6.07 Å². The van der Waals surface area contributed by atoms with E-state index in [4.69, 9.17) is 0 Å². The highest BCUT2D eigenvalue weighted by Crippen LogP contribution is 2.33. The number of H-pyrrole nitrogens is 1. The van der Waals surface area contributed by atoms with E-state index in [0.717, 1.165) is 55.4 Å². The number of fused-ring (bicyclic) bond motifs is 2. The molecule has 3 heterocycles. The Morgan fingerprint density at radius 3 is 2.85 bits per heavy atom. The molecule has 5 rings (SSSR count). The van der Waals surface area contributed by atoms with Gasteiger partial charge in [-0.3, -0.25) is 9.78 Å². The Balaban J connectivity index is 1.30. The molecule has 1 amide bonds. The highest BCUT2D eigenvalue weighted by molar-refractivity contribution is 5.94. The Bertz CT molecular complexity index is 966. The first-order chi connectivity index (χ1) is 12.8. The number of pyridine rings is 1. The summed E-state index contributed by atoms with van der Waals surface area (Å²) < 4.78 is 0. The summed E-state index contributed by atoms with van der Waals surface area (Å²) in [5, 5.41) is 0. The van der Waals surface area contributed by atoms with Gasteiger partial charge in [-0.25, -0.2) is 0 Å². The molecule has 0 radical (unpaired) electrons. The fourth-order valence-electron chi connectivity index (χ4n) is 4.57. The summed E-state index contributed by atoms with van der Waals surface area (Å²) in [6.45, 7) is 1.64. The van der Waals surface area contributed by atoms with E-state index in [1.165, 1.54) is 23.1 Å². The number of benzene rings is 1. The van der Waals surface area contributed by atoms with E-state index in [1.54, 1.807) is 0 Å². The number of hydrogen-bond acceptors (Lipinski definition) is 2. The van der Waals surface area contributed by atoms with Gasteiger partial charge in [0.15, 0.2) is 0 Å². The van der Waals surface area contributed by atoms with Crippen molar-refractivity contribution in [3.05, 3.63) is 65.0 Å². The molecular weight excluding hydrogens is 322 g/mol.